The van der Waals surface area contributed by atoms with Crippen LogP contribution in [0.15, 0.2) is 0 Å². The molecular formula is C75H136N2O26. The van der Waals surface area contributed by atoms with Crippen molar-refractivity contribution in [2.24, 2.45) is 47.3 Å². The van der Waals surface area contributed by atoms with Gasteiger partial charge in [-0.05, 0) is 143 Å². The number of esters is 2. The van der Waals surface area contributed by atoms with Gasteiger partial charge in [0.05, 0.1) is 104 Å². The summed E-state index contributed by atoms with van der Waals surface area (Å²) in [5, 5.41) is 94.4. The molecule has 103 heavy (non-hydrogen) atoms. The molecule has 0 aromatic rings. The van der Waals surface area contributed by atoms with E-state index in [1.165, 1.54) is 76.7 Å². The van der Waals surface area contributed by atoms with Gasteiger partial charge in [-0.2, -0.15) is 0 Å². The van der Waals surface area contributed by atoms with Gasteiger partial charge in [-0.25, -0.2) is 0 Å². The Labute approximate surface area is 625 Å². The van der Waals surface area contributed by atoms with Crippen LogP contribution in [0.4, 0.5) is 0 Å². The number of aliphatic hydroxyl groups is 8. The van der Waals surface area contributed by atoms with Gasteiger partial charge in [0.1, 0.15) is 59.4 Å². The molecule has 0 spiro atoms. The van der Waals surface area contributed by atoms with E-state index in [2.05, 4.69) is 5.32 Å². The van der Waals surface area contributed by atoms with Gasteiger partial charge in [-0.3, -0.25) is 19.2 Å². The molecule has 6 aliphatic heterocycles. The Morgan fingerprint density at radius 1 is 0.505 bits per heavy atom. The number of aliphatic hydroxyl groups excluding tert-OH is 6. The maximum absolute atomic E-state index is 14.3. The SMILES string of the molecule is [2H]C([2H])([2H])O[C@]1(C)C[C@@H](C)C(=O)[C@H](C)[C@@H](O)[C@](C)(O)[C@@H](CC)OC(=O)[C@H](C)[C@@H](O[C@H]2C[C@@](C)(OC)[C@@H](O)[C@H](C)O2)[C@H](C)[C@H]1O[C@@H]1O[C@H](C)C[C@H](N(C)C([2H])([2H])[2H])[C@H]1O.[2H]C([2H])([2H])O[C@]1(C)C[C@@H](C)C(=O)[C@H](C)[C@@H](O)[C@](C)(O)[C@@H](CC)OC(=O)[C@H](C)[C@@H](O[C@H]2C[C@@](C)(OC)[C@@H](O)[C@H](C)O2)[C@H](C)[C@H]1O[C@@H]1O[C@H](C)C[C@H](NC)[C@H]1O. The highest BCUT2D eigenvalue weighted by Crippen LogP contribution is 2.45. The first-order chi connectivity index (χ1) is 51.1. The van der Waals surface area contributed by atoms with Crippen molar-refractivity contribution in [1.82, 2.24) is 10.2 Å². The molecule has 0 aromatic carbocycles. The molecule has 6 heterocycles. The summed E-state index contributed by atoms with van der Waals surface area (Å²) >= 11 is 0. The second-order valence-corrected chi connectivity index (χ2v) is 32.1. The second-order valence-electron chi connectivity index (χ2n) is 32.1. The van der Waals surface area contributed by atoms with Crippen LogP contribution in [0.1, 0.15) is 202 Å². The molecule has 0 bridgehead atoms. The Morgan fingerprint density at radius 2 is 0.874 bits per heavy atom. The number of carbonyl (C=O) groups excluding carboxylic acids is 4. The van der Waals surface area contributed by atoms with Crippen LogP contribution < -0.4 is 5.32 Å². The van der Waals surface area contributed by atoms with Crippen molar-refractivity contribution >= 4 is 23.5 Å². The Morgan fingerprint density at radius 3 is 1.21 bits per heavy atom. The minimum Gasteiger partial charge on any atom is -0.459 e. The predicted octanol–water partition coefficient (Wildman–Crippen LogP) is 4.54. The fourth-order valence-corrected chi connectivity index (χ4v) is 16.6. The molecule has 602 valence electrons. The summed E-state index contributed by atoms with van der Waals surface area (Å²) in [6.45, 7) is 28.5. The van der Waals surface area contributed by atoms with Crippen molar-refractivity contribution in [2.75, 3.05) is 49.4 Å². The summed E-state index contributed by atoms with van der Waals surface area (Å²) in [5.74, 6) is -11.7. The second kappa shape index (κ2) is 36.9. The van der Waals surface area contributed by atoms with Gasteiger partial charge < -0.3 is 117 Å². The molecule has 0 saturated carbocycles. The van der Waals surface area contributed by atoms with Crippen LogP contribution >= 0.6 is 0 Å². The Kier molecular flexibility index (Phi) is 27.7. The summed E-state index contributed by atoms with van der Waals surface area (Å²) in [7, 11) is -0.251. The van der Waals surface area contributed by atoms with E-state index in [-0.39, 0.29) is 44.9 Å². The Bertz CT molecular complexity index is 3040. The third-order valence-electron chi connectivity index (χ3n) is 23.6. The summed E-state index contributed by atoms with van der Waals surface area (Å²) < 4.78 is 160. The molecule has 0 amide bonds. The van der Waals surface area contributed by atoms with Gasteiger partial charge >= 0.3 is 11.9 Å². The molecule has 28 heteroatoms. The van der Waals surface area contributed by atoms with E-state index in [0.717, 1.165) is 4.90 Å². The molecule has 28 nitrogen and oxygen atoms in total. The number of hydrogen-bond donors (Lipinski definition) is 9. The standard InChI is InChI=1S/C38H69NO13.C37H67NO13/c1-15-26-38(10,45)31(42)21(4)28(40)19(2)17-37(9,47-14)33(52-35-29(41)25(39(11)12)16-20(3)48-35)22(5)30(23(6)34(44)50-26)51-27-18-36(8,46-13)32(43)24(7)49-27;1-14-25-37(10,44)30(41)20(4)27(39)18(2)16-36(9,46-13)32(51-34-28(40)24(38-11)15-19(3)47-34)21(5)29(22(6)33(43)49-25)50-26-17-35(8,45-12)31(42)23(7)48-26/h19-27,29-33,35,41-43,45H,15-18H2,1-14H3;18-26,28-32,34,38,40-42,44H,14-17H2,1-13H3/t19-,20-,21+,22+,23-,24+,25+,26-,27+,29-,30+,31-,32+,33-,35+,36-,37-,38-;18-,19-,20+,21+,22-,23+,24+,25-,26+,28-,29+,30-,31+,32-,34+,35-,36-,37-/m11/s1/i11D3,14D3;13D3. The molecular weight excluding hydrogens is 1340 g/mol. The largest absolute Gasteiger partial charge is 0.459 e. The molecule has 6 aliphatic rings. The van der Waals surface area contributed by atoms with E-state index in [4.69, 9.17) is 78.7 Å². The molecule has 0 aromatic heterocycles. The summed E-state index contributed by atoms with van der Waals surface area (Å²) in [6.07, 6.45) is -23.9. The lowest BCUT2D eigenvalue weighted by molar-refractivity contribution is -0.319. The normalized spacial score (nSPS) is 51.0. The number of rotatable bonds is 16. The van der Waals surface area contributed by atoms with E-state index in [1.807, 2.05) is 0 Å². The van der Waals surface area contributed by atoms with E-state index in [0.29, 0.717) is 6.42 Å². The lowest BCUT2D eigenvalue weighted by Gasteiger charge is -2.50. The van der Waals surface area contributed by atoms with Gasteiger partial charge in [0, 0.05) is 92.8 Å². The third-order valence-corrected chi connectivity index (χ3v) is 23.6. The molecule has 9 N–H and O–H groups in total. The monoisotopic (exact) mass is 1490 g/mol. The number of methoxy groups -OCH3 is 4. The van der Waals surface area contributed by atoms with Crippen LogP contribution in [-0.2, 0) is 85.5 Å². The zero-order valence-electron chi connectivity index (χ0n) is 74.4. The number of Topliss-reactive ketones (excluding diaryl/α,β-unsaturated/α-hetero) is 2. The predicted molar refractivity (Wildman–Crippen MR) is 377 cm³/mol. The maximum atomic E-state index is 14.3. The number of hydrogen-bond acceptors (Lipinski definition) is 28. The average Bonchev–Trinajstić information content (AvgIpc) is 0.765. The van der Waals surface area contributed by atoms with Crippen molar-refractivity contribution in [2.45, 2.75) is 358 Å². The molecule has 6 fully saturated rings. The first-order valence-electron chi connectivity index (χ1n) is 41.3. The lowest BCUT2D eigenvalue weighted by atomic mass is 9.73. The maximum Gasteiger partial charge on any atom is 0.311 e. The number of ether oxygens (including phenoxy) is 14. The summed E-state index contributed by atoms with van der Waals surface area (Å²) in [6, 6.07) is -1.47. The van der Waals surface area contributed by atoms with Gasteiger partial charge in [0.2, 0.25) is 0 Å². The average molecular weight is 1490 g/mol. The van der Waals surface area contributed by atoms with Crippen LogP contribution in [0.3, 0.4) is 0 Å². The van der Waals surface area contributed by atoms with Crippen molar-refractivity contribution in [1.29, 1.82) is 0 Å². The molecule has 0 unspecified atom stereocenters. The van der Waals surface area contributed by atoms with Crippen molar-refractivity contribution < 1.29 is 139 Å². The van der Waals surface area contributed by atoms with E-state index in [9.17, 15) is 60.0 Å². The molecule has 0 radical (unpaired) electrons. The van der Waals surface area contributed by atoms with Gasteiger partial charge in [0.25, 0.3) is 0 Å². The number of nitrogens with zero attached hydrogens (tertiary/aromatic N) is 1. The van der Waals surface area contributed by atoms with Crippen LogP contribution in [0.25, 0.3) is 0 Å². The number of ketones is 2. The molecule has 6 saturated heterocycles. The highest BCUT2D eigenvalue weighted by atomic mass is 16.7. The molecule has 36 atom stereocenters. The fourth-order valence-electron chi connectivity index (χ4n) is 16.6. The van der Waals surface area contributed by atoms with Crippen molar-refractivity contribution in [3.05, 3.63) is 0 Å². The van der Waals surface area contributed by atoms with Gasteiger partial charge in [-0.1, -0.05) is 55.4 Å². The van der Waals surface area contributed by atoms with E-state index >= 15 is 0 Å². The summed E-state index contributed by atoms with van der Waals surface area (Å²) in [5.41, 5.74) is -10.3. The minimum atomic E-state index is -3.12. The first-order valence-corrected chi connectivity index (χ1v) is 36.8. The van der Waals surface area contributed by atoms with E-state index < -0.39 is 260 Å². The Hall–Kier alpha value is -2.60. The zero-order chi connectivity index (χ0) is 86.0. The van der Waals surface area contributed by atoms with Crippen LogP contribution in [0, 0.1) is 47.3 Å². The quantitative estimate of drug-likeness (QED) is 0.0958. The van der Waals surface area contributed by atoms with Gasteiger partial charge in [0.15, 0.2) is 25.2 Å². The zero-order valence-corrected chi connectivity index (χ0v) is 65.4. The highest BCUT2D eigenvalue weighted by molar-refractivity contribution is 5.84. The lowest BCUT2D eigenvalue weighted by Crippen LogP contribution is -2.61. The summed E-state index contributed by atoms with van der Waals surface area (Å²) in [4.78, 5) is 57.7. The minimum absolute atomic E-state index is 0.0262. The van der Waals surface area contributed by atoms with Crippen LogP contribution in [0.5, 0.6) is 0 Å². The molecule has 6 rings (SSSR count). The number of cyclic esters (lactones) is 2. The van der Waals surface area contributed by atoms with Crippen molar-refractivity contribution in [3.63, 3.8) is 0 Å². The topological polar surface area (TPSA) is 375 Å². The Balaban J connectivity index is 0.000000401. The van der Waals surface area contributed by atoms with Gasteiger partial charge in [-0.15, -0.1) is 0 Å². The highest BCUT2D eigenvalue weighted by Gasteiger charge is 2.58. The smallest absolute Gasteiger partial charge is 0.311 e. The fraction of sp³-hybridized carbons (Fsp3) is 0.947. The first kappa shape index (κ1) is 77.1. The molecule has 0 aliphatic carbocycles. The number of likely N-dealkylation sites (N-methyl/N-ethyl adjacent to an activating group) is 2. The van der Waals surface area contributed by atoms with Crippen molar-refractivity contribution in [3.8, 4) is 0 Å². The third kappa shape index (κ3) is 20.3. The number of carbonyl (C=O) groups is 4. The number of nitrogens with one attached hydrogen (secondary N) is 1. The van der Waals surface area contributed by atoms with Crippen LogP contribution in [-0.4, -0.2) is 287 Å². The van der Waals surface area contributed by atoms with E-state index in [1.54, 1.807) is 90.1 Å². The van der Waals surface area contributed by atoms with Crippen LogP contribution in [0.2, 0.25) is 0 Å².